The summed E-state index contributed by atoms with van der Waals surface area (Å²) in [4.78, 5) is 4.10. The van der Waals surface area contributed by atoms with Crippen LogP contribution in [0.4, 0.5) is 0 Å². The van der Waals surface area contributed by atoms with Gasteiger partial charge < -0.3 is 0 Å². The highest BCUT2D eigenvalue weighted by molar-refractivity contribution is 8.00. The van der Waals surface area contributed by atoms with E-state index in [1.165, 1.54) is 11.3 Å². The Hall–Kier alpha value is -0.950. The van der Waals surface area contributed by atoms with Crippen molar-refractivity contribution in [2.24, 2.45) is 7.05 Å². The maximum atomic E-state index is 4.10. The fraction of sp³-hybridized carbons (Fsp3) is 0.333. The maximum Gasteiger partial charge on any atom is 0.174 e. The van der Waals surface area contributed by atoms with E-state index in [4.69, 9.17) is 0 Å². The number of rotatable bonds is 3. The number of thioether (sulfide) groups is 1. The van der Waals surface area contributed by atoms with Crippen molar-refractivity contribution in [2.75, 3.05) is 0 Å². The molecule has 0 unspecified atom stereocenters. The lowest BCUT2D eigenvalue weighted by Gasteiger charge is -1.95. The molecule has 0 N–H and O–H groups in total. The fourth-order valence-corrected chi connectivity index (χ4v) is 2.28. The standard InChI is InChI=1S/C6H7N5S2/c1-11-5(7-3-9-11)2-12-6-10-8-4-13-6/h3-4H,2H2,1H3. The summed E-state index contributed by atoms with van der Waals surface area (Å²) in [7, 11) is 1.88. The Morgan fingerprint density at radius 2 is 2.54 bits per heavy atom. The predicted molar refractivity (Wildman–Crippen MR) is 50.5 cm³/mol. The Morgan fingerprint density at radius 3 is 3.15 bits per heavy atom. The Bertz CT molecular complexity index is 368. The number of aryl methyl sites for hydroxylation is 1. The first-order valence-electron chi connectivity index (χ1n) is 3.58. The molecule has 0 aliphatic heterocycles. The van der Waals surface area contributed by atoms with Gasteiger partial charge in [0.25, 0.3) is 0 Å². The van der Waals surface area contributed by atoms with Gasteiger partial charge in [-0.3, -0.25) is 4.68 Å². The smallest absolute Gasteiger partial charge is 0.174 e. The zero-order valence-electron chi connectivity index (χ0n) is 6.91. The van der Waals surface area contributed by atoms with Gasteiger partial charge in [0.05, 0.1) is 5.75 Å². The van der Waals surface area contributed by atoms with Crippen molar-refractivity contribution in [3.63, 3.8) is 0 Å². The van der Waals surface area contributed by atoms with Crippen LogP contribution >= 0.6 is 23.1 Å². The summed E-state index contributed by atoms with van der Waals surface area (Å²) in [6.07, 6.45) is 1.55. The molecule has 2 aromatic rings. The van der Waals surface area contributed by atoms with Gasteiger partial charge >= 0.3 is 0 Å². The van der Waals surface area contributed by atoms with Gasteiger partial charge in [-0.1, -0.05) is 23.1 Å². The van der Waals surface area contributed by atoms with Crippen molar-refractivity contribution in [1.82, 2.24) is 25.0 Å². The molecule has 0 spiro atoms. The second kappa shape index (κ2) is 3.84. The second-order valence-corrected chi connectivity index (χ2v) is 4.35. The zero-order chi connectivity index (χ0) is 9.10. The lowest BCUT2D eigenvalue weighted by molar-refractivity contribution is 0.730. The maximum absolute atomic E-state index is 4.10. The van der Waals surface area contributed by atoms with Crippen LogP contribution in [-0.2, 0) is 12.8 Å². The molecule has 0 fully saturated rings. The van der Waals surface area contributed by atoms with Gasteiger partial charge in [-0.2, -0.15) is 5.10 Å². The van der Waals surface area contributed by atoms with Crippen molar-refractivity contribution in [1.29, 1.82) is 0 Å². The molecule has 0 amide bonds. The molecule has 2 heterocycles. The molecular formula is C6H7N5S2. The average Bonchev–Trinajstić information content (AvgIpc) is 2.72. The van der Waals surface area contributed by atoms with Crippen molar-refractivity contribution in [3.05, 3.63) is 17.7 Å². The summed E-state index contributed by atoms with van der Waals surface area (Å²) in [5.41, 5.74) is 1.72. The first kappa shape index (κ1) is 8.64. The Labute approximate surface area is 83.2 Å². The van der Waals surface area contributed by atoms with Crippen LogP contribution in [0, 0.1) is 0 Å². The third-order valence-electron chi connectivity index (χ3n) is 1.47. The number of hydrogen-bond acceptors (Lipinski definition) is 6. The predicted octanol–water partition coefficient (Wildman–Crippen LogP) is 0.959. The largest absolute Gasteiger partial charge is 0.252 e. The minimum atomic E-state index is 0.783. The van der Waals surface area contributed by atoms with E-state index in [1.807, 2.05) is 7.05 Å². The molecule has 0 aromatic carbocycles. The van der Waals surface area contributed by atoms with E-state index in [0.29, 0.717) is 0 Å². The lowest BCUT2D eigenvalue weighted by Crippen LogP contribution is -1.97. The quantitative estimate of drug-likeness (QED) is 0.711. The van der Waals surface area contributed by atoms with E-state index >= 15 is 0 Å². The topological polar surface area (TPSA) is 56.5 Å². The summed E-state index contributed by atoms with van der Waals surface area (Å²) >= 11 is 3.15. The summed E-state index contributed by atoms with van der Waals surface area (Å²) < 4.78 is 2.72. The molecule has 13 heavy (non-hydrogen) atoms. The molecule has 0 bridgehead atoms. The van der Waals surface area contributed by atoms with Crippen LogP contribution in [0.25, 0.3) is 0 Å². The van der Waals surface area contributed by atoms with Gasteiger partial charge in [0.2, 0.25) is 0 Å². The monoisotopic (exact) mass is 213 g/mol. The minimum absolute atomic E-state index is 0.783. The average molecular weight is 213 g/mol. The first-order chi connectivity index (χ1) is 6.36. The molecule has 7 heteroatoms. The third kappa shape index (κ3) is 2.04. The van der Waals surface area contributed by atoms with Crippen LogP contribution in [0.5, 0.6) is 0 Å². The van der Waals surface area contributed by atoms with Gasteiger partial charge in [-0.15, -0.1) is 10.2 Å². The van der Waals surface area contributed by atoms with Gasteiger partial charge in [0.15, 0.2) is 4.34 Å². The molecule has 0 saturated carbocycles. The Morgan fingerprint density at radius 1 is 1.62 bits per heavy atom. The fourth-order valence-electron chi connectivity index (χ4n) is 0.803. The van der Waals surface area contributed by atoms with E-state index in [2.05, 4.69) is 20.3 Å². The number of nitrogens with zero attached hydrogens (tertiary/aromatic N) is 5. The highest BCUT2D eigenvalue weighted by Crippen LogP contribution is 2.21. The Kier molecular flexibility index (Phi) is 2.55. The van der Waals surface area contributed by atoms with Crippen molar-refractivity contribution < 1.29 is 0 Å². The van der Waals surface area contributed by atoms with Crippen LogP contribution in [0.15, 0.2) is 16.2 Å². The van der Waals surface area contributed by atoms with E-state index in [1.54, 1.807) is 28.3 Å². The van der Waals surface area contributed by atoms with Crippen molar-refractivity contribution in [3.8, 4) is 0 Å². The van der Waals surface area contributed by atoms with Crippen molar-refractivity contribution in [2.45, 2.75) is 10.1 Å². The zero-order valence-corrected chi connectivity index (χ0v) is 8.55. The molecule has 68 valence electrons. The molecule has 0 atom stereocenters. The van der Waals surface area contributed by atoms with Crippen LogP contribution in [0.1, 0.15) is 5.82 Å². The molecule has 0 radical (unpaired) electrons. The normalized spacial score (nSPS) is 10.5. The molecule has 5 nitrogen and oxygen atoms in total. The molecule has 2 rings (SSSR count). The molecular weight excluding hydrogens is 206 g/mol. The highest BCUT2D eigenvalue weighted by Gasteiger charge is 2.03. The molecule has 2 aromatic heterocycles. The summed E-state index contributed by atoms with van der Waals surface area (Å²) in [6, 6.07) is 0. The summed E-state index contributed by atoms with van der Waals surface area (Å²) in [5, 5.41) is 11.6. The lowest BCUT2D eigenvalue weighted by atomic mass is 10.7. The number of hydrogen-bond donors (Lipinski definition) is 0. The van der Waals surface area contributed by atoms with Crippen molar-refractivity contribution >= 4 is 23.1 Å². The molecule has 0 aliphatic rings. The first-order valence-corrected chi connectivity index (χ1v) is 5.44. The van der Waals surface area contributed by atoms with Gasteiger partial charge in [0, 0.05) is 7.05 Å². The van der Waals surface area contributed by atoms with Gasteiger partial charge in [-0.05, 0) is 0 Å². The third-order valence-corrected chi connectivity index (χ3v) is 3.33. The van der Waals surface area contributed by atoms with Gasteiger partial charge in [-0.25, -0.2) is 4.98 Å². The summed E-state index contributed by atoms with van der Waals surface area (Å²) in [6.45, 7) is 0. The number of aromatic nitrogens is 5. The summed E-state index contributed by atoms with van der Waals surface area (Å²) in [5.74, 6) is 1.73. The Balaban J connectivity index is 1.97. The van der Waals surface area contributed by atoms with Crippen LogP contribution in [-0.4, -0.2) is 25.0 Å². The SMILES string of the molecule is Cn1ncnc1CSc1nncs1. The molecule has 0 aliphatic carbocycles. The van der Waals surface area contributed by atoms with Crippen LogP contribution < -0.4 is 0 Å². The van der Waals surface area contributed by atoms with E-state index < -0.39 is 0 Å². The second-order valence-electron chi connectivity index (χ2n) is 2.29. The van der Waals surface area contributed by atoms with E-state index in [9.17, 15) is 0 Å². The van der Waals surface area contributed by atoms with Gasteiger partial charge in [0.1, 0.15) is 17.7 Å². The van der Waals surface area contributed by atoms with Crippen LogP contribution in [0.3, 0.4) is 0 Å². The van der Waals surface area contributed by atoms with E-state index in [-0.39, 0.29) is 0 Å². The van der Waals surface area contributed by atoms with Crippen LogP contribution in [0.2, 0.25) is 0 Å². The minimum Gasteiger partial charge on any atom is -0.252 e. The molecule has 0 saturated heterocycles. The highest BCUT2D eigenvalue weighted by atomic mass is 32.2. The van der Waals surface area contributed by atoms with E-state index in [0.717, 1.165) is 15.9 Å².